The molecule has 0 aliphatic carbocycles. The molecule has 0 fully saturated rings. The number of phenolic OH excluding ortho intramolecular Hbond substituents is 4. The first-order valence-electron chi connectivity index (χ1n) is 5.49. The van der Waals surface area contributed by atoms with Crippen molar-refractivity contribution in [3.8, 4) is 23.0 Å². The number of rotatable bonds is 2. The molecule has 0 amide bonds. The third-order valence-corrected chi connectivity index (χ3v) is 2.69. The zero-order valence-electron chi connectivity index (χ0n) is 9.88. The van der Waals surface area contributed by atoms with Crippen LogP contribution < -0.4 is 0 Å². The van der Waals surface area contributed by atoms with Crippen LogP contribution in [0, 0.1) is 6.92 Å². The van der Waals surface area contributed by atoms with Gasteiger partial charge in [-0.3, -0.25) is 0 Å². The van der Waals surface area contributed by atoms with Crippen molar-refractivity contribution in [2.45, 2.75) is 13.3 Å². The van der Waals surface area contributed by atoms with Crippen LogP contribution >= 0.6 is 0 Å². The molecule has 4 N–H and O–H groups in total. The highest BCUT2D eigenvalue weighted by atomic mass is 16.3. The van der Waals surface area contributed by atoms with Crippen molar-refractivity contribution >= 4 is 0 Å². The SMILES string of the molecule is Cc1cc(O)cc(Cc2c(O)cc(O)cc2O)c1. The molecule has 0 bridgehead atoms. The maximum Gasteiger partial charge on any atom is 0.126 e. The Balaban J connectivity index is 2.40. The minimum absolute atomic E-state index is 0.141. The summed E-state index contributed by atoms with van der Waals surface area (Å²) in [7, 11) is 0. The molecule has 0 atom stereocenters. The largest absolute Gasteiger partial charge is 0.508 e. The van der Waals surface area contributed by atoms with Gasteiger partial charge in [-0.05, 0) is 30.2 Å². The van der Waals surface area contributed by atoms with Crippen molar-refractivity contribution in [1.82, 2.24) is 0 Å². The smallest absolute Gasteiger partial charge is 0.126 e. The highest BCUT2D eigenvalue weighted by Gasteiger charge is 2.11. The molecule has 0 radical (unpaired) electrons. The van der Waals surface area contributed by atoms with Gasteiger partial charge in [-0.2, -0.15) is 0 Å². The van der Waals surface area contributed by atoms with Gasteiger partial charge in [-0.1, -0.05) is 6.07 Å². The fourth-order valence-corrected chi connectivity index (χ4v) is 1.96. The minimum atomic E-state index is -0.194. The number of aromatic hydroxyl groups is 4. The first-order valence-corrected chi connectivity index (χ1v) is 5.49. The van der Waals surface area contributed by atoms with Crippen molar-refractivity contribution in [2.24, 2.45) is 0 Å². The molecule has 0 saturated heterocycles. The molecule has 2 rings (SSSR count). The van der Waals surface area contributed by atoms with Crippen LogP contribution in [0.5, 0.6) is 23.0 Å². The van der Waals surface area contributed by atoms with E-state index in [0.717, 1.165) is 11.1 Å². The Hall–Kier alpha value is -2.36. The van der Waals surface area contributed by atoms with E-state index in [1.54, 1.807) is 12.1 Å². The topological polar surface area (TPSA) is 80.9 Å². The number of benzene rings is 2. The summed E-state index contributed by atoms with van der Waals surface area (Å²) in [5.41, 5.74) is 1.98. The summed E-state index contributed by atoms with van der Waals surface area (Å²) in [6.07, 6.45) is 0.271. The van der Waals surface area contributed by atoms with Gasteiger partial charge in [-0.15, -0.1) is 0 Å². The maximum atomic E-state index is 9.69. The molecular weight excluding hydrogens is 232 g/mol. The van der Waals surface area contributed by atoms with Gasteiger partial charge in [0, 0.05) is 24.1 Å². The van der Waals surface area contributed by atoms with E-state index >= 15 is 0 Å². The van der Waals surface area contributed by atoms with Gasteiger partial charge in [0.1, 0.15) is 23.0 Å². The number of hydrogen-bond donors (Lipinski definition) is 4. The summed E-state index contributed by atoms with van der Waals surface area (Å²) in [6.45, 7) is 1.85. The average molecular weight is 246 g/mol. The van der Waals surface area contributed by atoms with Crippen molar-refractivity contribution in [2.75, 3.05) is 0 Å². The number of hydrogen-bond acceptors (Lipinski definition) is 4. The van der Waals surface area contributed by atoms with Crippen molar-refractivity contribution in [3.63, 3.8) is 0 Å². The molecule has 0 unspecified atom stereocenters. The molecule has 2 aromatic rings. The molecule has 0 spiro atoms. The second kappa shape index (κ2) is 4.49. The molecule has 0 aliphatic rings. The number of aryl methyl sites for hydroxylation is 1. The Kier molecular flexibility index (Phi) is 3.02. The van der Waals surface area contributed by atoms with Gasteiger partial charge in [0.05, 0.1) is 0 Å². The van der Waals surface area contributed by atoms with Crippen LogP contribution in [0.2, 0.25) is 0 Å². The van der Waals surface area contributed by atoms with Gasteiger partial charge >= 0.3 is 0 Å². The Bertz CT molecular complexity index is 547. The molecule has 18 heavy (non-hydrogen) atoms. The summed E-state index contributed by atoms with van der Waals surface area (Å²) >= 11 is 0. The van der Waals surface area contributed by atoms with E-state index in [0.29, 0.717) is 5.56 Å². The molecule has 2 aromatic carbocycles. The lowest BCUT2D eigenvalue weighted by Gasteiger charge is -2.09. The van der Waals surface area contributed by atoms with E-state index in [4.69, 9.17) is 0 Å². The summed E-state index contributed by atoms with van der Waals surface area (Å²) < 4.78 is 0. The Morgan fingerprint density at radius 3 is 1.89 bits per heavy atom. The second-order valence-corrected chi connectivity index (χ2v) is 4.32. The molecule has 0 saturated carbocycles. The van der Waals surface area contributed by atoms with Crippen molar-refractivity contribution < 1.29 is 20.4 Å². The summed E-state index contributed by atoms with van der Waals surface area (Å²) in [6, 6.07) is 7.39. The molecule has 4 heteroatoms. The maximum absolute atomic E-state index is 9.69. The van der Waals surface area contributed by atoms with Gasteiger partial charge in [0.15, 0.2) is 0 Å². The predicted molar refractivity (Wildman–Crippen MR) is 67.1 cm³/mol. The monoisotopic (exact) mass is 246 g/mol. The second-order valence-electron chi connectivity index (χ2n) is 4.32. The first-order chi connectivity index (χ1) is 8.45. The van der Waals surface area contributed by atoms with E-state index in [1.165, 1.54) is 12.1 Å². The number of phenols is 4. The van der Waals surface area contributed by atoms with Gasteiger partial charge in [0.2, 0.25) is 0 Å². The quantitative estimate of drug-likeness (QED) is 0.656. The Morgan fingerprint density at radius 2 is 1.33 bits per heavy atom. The van der Waals surface area contributed by atoms with Crippen LogP contribution in [0.4, 0.5) is 0 Å². The first kappa shape index (κ1) is 12.1. The molecular formula is C14H14O4. The molecule has 4 nitrogen and oxygen atoms in total. The third-order valence-electron chi connectivity index (χ3n) is 2.69. The van der Waals surface area contributed by atoms with Gasteiger partial charge in [-0.25, -0.2) is 0 Å². The van der Waals surface area contributed by atoms with Crippen LogP contribution in [0.1, 0.15) is 16.7 Å². The van der Waals surface area contributed by atoms with E-state index in [9.17, 15) is 20.4 Å². The fourth-order valence-electron chi connectivity index (χ4n) is 1.96. The van der Waals surface area contributed by atoms with Crippen LogP contribution in [-0.4, -0.2) is 20.4 Å². The van der Waals surface area contributed by atoms with E-state index < -0.39 is 0 Å². The van der Waals surface area contributed by atoms with Crippen molar-refractivity contribution in [3.05, 3.63) is 47.0 Å². The van der Waals surface area contributed by atoms with Crippen LogP contribution in [-0.2, 0) is 6.42 Å². The molecule has 0 heterocycles. The van der Waals surface area contributed by atoms with Crippen LogP contribution in [0.3, 0.4) is 0 Å². The van der Waals surface area contributed by atoms with Gasteiger partial charge < -0.3 is 20.4 Å². The summed E-state index contributed by atoms with van der Waals surface area (Å²) in [5, 5.41) is 38.1. The fraction of sp³-hybridized carbons (Fsp3) is 0.143. The lowest BCUT2D eigenvalue weighted by molar-refractivity contribution is 0.420. The predicted octanol–water partition coefficient (Wildman–Crippen LogP) is 2.41. The normalized spacial score (nSPS) is 10.5. The molecule has 0 aliphatic heterocycles. The molecule has 94 valence electrons. The Morgan fingerprint density at radius 1 is 0.778 bits per heavy atom. The zero-order chi connectivity index (χ0) is 13.3. The third kappa shape index (κ3) is 2.48. The highest BCUT2D eigenvalue weighted by molar-refractivity contribution is 5.51. The minimum Gasteiger partial charge on any atom is -0.508 e. The molecule has 0 aromatic heterocycles. The summed E-state index contributed by atoms with van der Waals surface area (Å²) in [5.74, 6) is -0.398. The van der Waals surface area contributed by atoms with Gasteiger partial charge in [0.25, 0.3) is 0 Å². The lowest BCUT2D eigenvalue weighted by atomic mass is 10.0. The average Bonchev–Trinajstić information content (AvgIpc) is 2.22. The van der Waals surface area contributed by atoms with E-state index in [1.807, 2.05) is 13.0 Å². The summed E-state index contributed by atoms with van der Waals surface area (Å²) in [4.78, 5) is 0. The van der Waals surface area contributed by atoms with E-state index in [-0.39, 0.29) is 29.4 Å². The van der Waals surface area contributed by atoms with Crippen LogP contribution in [0.25, 0.3) is 0 Å². The lowest BCUT2D eigenvalue weighted by Crippen LogP contribution is -1.91. The Labute approximate surface area is 104 Å². The van der Waals surface area contributed by atoms with E-state index in [2.05, 4.69) is 0 Å². The van der Waals surface area contributed by atoms with Crippen molar-refractivity contribution in [1.29, 1.82) is 0 Å². The highest BCUT2D eigenvalue weighted by Crippen LogP contribution is 2.34. The standard InChI is InChI=1S/C14H14O4/c1-8-2-9(4-10(15)3-8)5-12-13(17)6-11(16)7-14(12)18/h2-4,6-7,15-18H,5H2,1H3. The zero-order valence-corrected chi connectivity index (χ0v) is 9.88. The van der Waals surface area contributed by atoms with Crippen LogP contribution in [0.15, 0.2) is 30.3 Å².